The molecule has 1 heterocycles. The standard InChI is InChI=1S/C44H34N2/c1-2-29-13-9-11-19-39(29)45-40-27-37(30-14-5-3-6-15-30)33-22-24-36-42(46-26-25-32-18-10-12-20-41(32)46)28-38(31-16-7-4-8-17-31)34-21-23-35(40)43(33)44(34)36/h3-24,27-28,45H,2,25-26H2,1H3. The van der Waals surface area contributed by atoms with Gasteiger partial charge in [-0.25, -0.2) is 0 Å². The van der Waals surface area contributed by atoms with E-state index >= 15 is 0 Å². The van der Waals surface area contributed by atoms with E-state index in [1.165, 1.54) is 82.8 Å². The third kappa shape index (κ3) is 4.18. The van der Waals surface area contributed by atoms with E-state index in [1.54, 1.807) is 0 Å². The lowest BCUT2D eigenvalue weighted by atomic mass is 9.85. The van der Waals surface area contributed by atoms with E-state index in [4.69, 9.17) is 0 Å². The second kappa shape index (κ2) is 10.8. The van der Waals surface area contributed by atoms with Crippen LogP contribution in [0.15, 0.2) is 146 Å². The molecule has 220 valence electrons. The second-order valence-electron chi connectivity index (χ2n) is 12.4. The van der Waals surface area contributed by atoms with Crippen LogP contribution in [0.2, 0.25) is 0 Å². The van der Waals surface area contributed by atoms with Gasteiger partial charge in [-0.1, -0.05) is 128 Å². The summed E-state index contributed by atoms with van der Waals surface area (Å²) in [7, 11) is 0. The molecule has 1 aliphatic heterocycles. The molecule has 9 rings (SSSR count). The van der Waals surface area contributed by atoms with Gasteiger partial charge in [0.05, 0.1) is 0 Å². The van der Waals surface area contributed by atoms with Gasteiger partial charge in [0.1, 0.15) is 0 Å². The molecule has 2 heteroatoms. The monoisotopic (exact) mass is 590 g/mol. The summed E-state index contributed by atoms with van der Waals surface area (Å²) in [6.07, 6.45) is 2.03. The van der Waals surface area contributed by atoms with Crippen molar-refractivity contribution in [1.82, 2.24) is 0 Å². The zero-order valence-electron chi connectivity index (χ0n) is 25.9. The van der Waals surface area contributed by atoms with Gasteiger partial charge in [0.25, 0.3) is 0 Å². The third-order valence-electron chi connectivity index (χ3n) is 9.89. The Hall–Kier alpha value is -5.60. The summed E-state index contributed by atoms with van der Waals surface area (Å²) in [4.78, 5) is 2.54. The molecule has 8 aromatic rings. The number of nitrogens with zero attached hydrogens (tertiary/aromatic N) is 1. The first-order valence-electron chi connectivity index (χ1n) is 16.4. The van der Waals surface area contributed by atoms with Gasteiger partial charge in [0, 0.05) is 50.8 Å². The van der Waals surface area contributed by atoms with Crippen molar-refractivity contribution in [3.05, 3.63) is 157 Å². The first kappa shape index (κ1) is 26.8. The first-order valence-corrected chi connectivity index (χ1v) is 16.4. The minimum absolute atomic E-state index is 0.974. The van der Waals surface area contributed by atoms with Crippen molar-refractivity contribution in [2.45, 2.75) is 19.8 Å². The number of aryl methyl sites for hydroxylation is 1. The van der Waals surface area contributed by atoms with Gasteiger partial charge in [-0.05, 0) is 81.3 Å². The van der Waals surface area contributed by atoms with Crippen LogP contribution in [0, 0.1) is 0 Å². The number of benzene rings is 8. The maximum Gasteiger partial charge on any atom is 0.0497 e. The predicted molar refractivity (Wildman–Crippen MR) is 197 cm³/mol. The van der Waals surface area contributed by atoms with Gasteiger partial charge in [-0.15, -0.1) is 0 Å². The predicted octanol–water partition coefficient (Wildman–Crippen LogP) is 11.9. The maximum absolute atomic E-state index is 3.91. The van der Waals surface area contributed by atoms with Crippen molar-refractivity contribution in [2.24, 2.45) is 0 Å². The second-order valence-corrected chi connectivity index (χ2v) is 12.4. The van der Waals surface area contributed by atoms with Gasteiger partial charge in [-0.3, -0.25) is 0 Å². The Bertz CT molecular complexity index is 2370. The van der Waals surface area contributed by atoms with Crippen molar-refractivity contribution >= 4 is 55.1 Å². The van der Waals surface area contributed by atoms with Crippen molar-refractivity contribution in [3.63, 3.8) is 0 Å². The molecule has 0 fully saturated rings. The van der Waals surface area contributed by atoms with Crippen LogP contribution in [-0.2, 0) is 12.8 Å². The van der Waals surface area contributed by atoms with Gasteiger partial charge < -0.3 is 10.2 Å². The molecule has 0 aromatic heterocycles. The number of nitrogens with one attached hydrogen (secondary N) is 1. The summed E-state index contributed by atoms with van der Waals surface area (Å²) >= 11 is 0. The summed E-state index contributed by atoms with van der Waals surface area (Å²) < 4.78 is 0. The van der Waals surface area contributed by atoms with E-state index in [1.807, 2.05) is 0 Å². The van der Waals surface area contributed by atoms with Gasteiger partial charge >= 0.3 is 0 Å². The number of hydrogen-bond donors (Lipinski definition) is 1. The molecular formula is C44H34N2. The molecule has 0 bridgehead atoms. The Morgan fingerprint density at radius 3 is 1.85 bits per heavy atom. The first-order chi connectivity index (χ1) is 22.8. The molecule has 0 unspecified atom stereocenters. The smallest absolute Gasteiger partial charge is 0.0497 e. The highest BCUT2D eigenvalue weighted by Gasteiger charge is 2.25. The van der Waals surface area contributed by atoms with Gasteiger partial charge in [0.2, 0.25) is 0 Å². The lowest BCUT2D eigenvalue weighted by molar-refractivity contribution is 1.00. The zero-order chi connectivity index (χ0) is 30.6. The van der Waals surface area contributed by atoms with E-state index in [2.05, 4.69) is 163 Å². The van der Waals surface area contributed by atoms with Crippen LogP contribution in [0.4, 0.5) is 22.7 Å². The molecule has 0 aliphatic carbocycles. The number of anilines is 4. The summed E-state index contributed by atoms with van der Waals surface area (Å²) in [5.41, 5.74) is 12.6. The van der Waals surface area contributed by atoms with Gasteiger partial charge in [-0.2, -0.15) is 0 Å². The highest BCUT2D eigenvalue weighted by molar-refractivity contribution is 6.32. The SMILES string of the molecule is CCc1ccccc1Nc1cc(-c2ccccc2)c2ccc3c(N4CCc5ccccc54)cc(-c4ccccc4)c4ccc1c2c43. The van der Waals surface area contributed by atoms with E-state index < -0.39 is 0 Å². The summed E-state index contributed by atoms with van der Waals surface area (Å²) in [5.74, 6) is 0. The molecule has 1 N–H and O–H groups in total. The third-order valence-corrected chi connectivity index (χ3v) is 9.89. The van der Waals surface area contributed by atoms with Gasteiger partial charge in [0.15, 0.2) is 0 Å². The van der Waals surface area contributed by atoms with Crippen molar-refractivity contribution in [2.75, 3.05) is 16.8 Å². The lowest BCUT2D eigenvalue weighted by Gasteiger charge is -2.26. The van der Waals surface area contributed by atoms with Crippen LogP contribution in [0.3, 0.4) is 0 Å². The van der Waals surface area contributed by atoms with Crippen LogP contribution >= 0.6 is 0 Å². The van der Waals surface area contributed by atoms with Crippen LogP contribution < -0.4 is 10.2 Å². The molecule has 0 saturated carbocycles. The van der Waals surface area contributed by atoms with Crippen LogP contribution in [0.25, 0.3) is 54.6 Å². The van der Waals surface area contributed by atoms with E-state index in [-0.39, 0.29) is 0 Å². The fourth-order valence-electron chi connectivity index (χ4n) is 7.70. The van der Waals surface area contributed by atoms with Crippen LogP contribution in [0.1, 0.15) is 18.1 Å². The molecule has 0 amide bonds. The molecule has 0 radical (unpaired) electrons. The maximum atomic E-state index is 3.91. The topological polar surface area (TPSA) is 15.3 Å². The van der Waals surface area contributed by atoms with Crippen molar-refractivity contribution < 1.29 is 0 Å². The molecule has 0 spiro atoms. The van der Waals surface area contributed by atoms with E-state index in [9.17, 15) is 0 Å². The average Bonchev–Trinajstić information content (AvgIpc) is 3.56. The highest BCUT2D eigenvalue weighted by Crippen LogP contribution is 2.50. The number of hydrogen-bond acceptors (Lipinski definition) is 2. The largest absolute Gasteiger partial charge is 0.355 e. The molecule has 1 aliphatic rings. The summed E-state index contributed by atoms with van der Waals surface area (Å²) in [6.45, 7) is 3.20. The molecular weight excluding hydrogens is 556 g/mol. The quantitative estimate of drug-likeness (QED) is 0.194. The van der Waals surface area contributed by atoms with Crippen LogP contribution in [0.5, 0.6) is 0 Å². The molecule has 46 heavy (non-hydrogen) atoms. The highest BCUT2D eigenvalue weighted by atomic mass is 15.2. The molecule has 0 saturated heterocycles. The zero-order valence-corrected chi connectivity index (χ0v) is 25.9. The summed E-state index contributed by atoms with van der Waals surface area (Å²) in [5, 5.41) is 11.7. The average molecular weight is 591 g/mol. The number of para-hydroxylation sites is 2. The Morgan fingerprint density at radius 1 is 0.522 bits per heavy atom. The fourth-order valence-corrected chi connectivity index (χ4v) is 7.70. The van der Waals surface area contributed by atoms with Crippen molar-refractivity contribution in [1.29, 1.82) is 0 Å². The number of fused-ring (bicyclic) bond motifs is 1. The minimum Gasteiger partial charge on any atom is -0.355 e. The Kier molecular flexibility index (Phi) is 6.28. The minimum atomic E-state index is 0.974. The normalized spacial score (nSPS) is 12.8. The fraction of sp³-hybridized carbons (Fsp3) is 0.0909. The van der Waals surface area contributed by atoms with Crippen LogP contribution in [-0.4, -0.2) is 6.54 Å². The molecule has 0 atom stereocenters. The van der Waals surface area contributed by atoms with E-state index in [0.717, 1.165) is 25.1 Å². The molecule has 8 aromatic carbocycles. The van der Waals surface area contributed by atoms with E-state index in [0.29, 0.717) is 0 Å². The Morgan fingerprint density at radius 2 is 1.11 bits per heavy atom. The molecule has 2 nitrogen and oxygen atoms in total. The lowest BCUT2D eigenvalue weighted by Crippen LogP contribution is -2.14. The summed E-state index contributed by atoms with van der Waals surface area (Å²) in [6, 6.07) is 53.6. The number of rotatable bonds is 6. The van der Waals surface area contributed by atoms with Crippen molar-refractivity contribution in [3.8, 4) is 22.3 Å². The Labute approximate surface area is 269 Å². The Balaban J connectivity index is 1.41.